The molecular weight excluding hydrogens is 548 g/mol. The van der Waals surface area contributed by atoms with Crippen molar-refractivity contribution in [2.45, 2.75) is 55.9 Å². The summed E-state index contributed by atoms with van der Waals surface area (Å²) in [6.45, 7) is 3.10. The van der Waals surface area contributed by atoms with Gasteiger partial charge in [-0.1, -0.05) is 24.3 Å². The Hall–Kier alpha value is -4.00. The Morgan fingerprint density at radius 2 is 1.95 bits per heavy atom. The molecule has 0 aliphatic carbocycles. The lowest BCUT2D eigenvalue weighted by Gasteiger charge is -2.36. The molecule has 4 aromatic rings. The number of fused-ring (bicyclic) bond motifs is 5. The number of ether oxygens (including phenoxy) is 1. The minimum Gasteiger partial charge on any atom is -0.508 e. The summed E-state index contributed by atoms with van der Waals surface area (Å²) in [7, 11) is 0. The zero-order chi connectivity index (χ0) is 29.3. The highest BCUT2D eigenvalue weighted by molar-refractivity contribution is 6.02. The molecule has 4 fully saturated rings. The highest BCUT2D eigenvalue weighted by Crippen LogP contribution is 2.43. The molecule has 4 atom stereocenters. The van der Waals surface area contributed by atoms with Gasteiger partial charge in [0, 0.05) is 48.9 Å². The van der Waals surface area contributed by atoms with E-state index in [1.54, 1.807) is 24.3 Å². The van der Waals surface area contributed by atoms with Crippen LogP contribution < -0.4 is 15.0 Å². The van der Waals surface area contributed by atoms with Crippen LogP contribution >= 0.6 is 0 Å². The van der Waals surface area contributed by atoms with Crippen molar-refractivity contribution in [3.8, 4) is 28.8 Å². The molecule has 0 amide bonds. The maximum atomic E-state index is 15.1. The Kier molecular flexibility index (Phi) is 6.21. The minimum atomic E-state index is -0.879. The number of nitriles is 1. The van der Waals surface area contributed by atoms with E-state index in [1.807, 2.05) is 18.2 Å². The molecule has 43 heavy (non-hydrogen) atoms. The monoisotopic (exact) mass is 581 g/mol. The number of anilines is 1. The molecule has 0 saturated carbocycles. The fourth-order valence-electron chi connectivity index (χ4n) is 8.15. The topological polar surface area (TPSA) is 84.6 Å². The number of halogens is 2. The van der Waals surface area contributed by atoms with Crippen LogP contribution in [-0.4, -0.2) is 71.6 Å². The lowest BCUT2D eigenvalue weighted by Crippen LogP contribution is -2.51. The van der Waals surface area contributed by atoms with Gasteiger partial charge in [0.25, 0.3) is 0 Å². The highest BCUT2D eigenvalue weighted by atomic mass is 19.1. The van der Waals surface area contributed by atoms with Gasteiger partial charge < -0.3 is 20.1 Å². The third-order valence-corrected chi connectivity index (χ3v) is 10.0. The van der Waals surface area contributed by atoms with E-state index in [0.717, 1.165) is 56.4 Å². The number of phenols is 1. The van der Waals surface area contributed by atoms with E-state index in [1.165, 1.54) is 6.07 Å². The molecule has 3 aromatic carbocycles. The van der Waals surface area contributed by atoms with E-state index in [9.17, 15) is 14.8 Å². The van der Waals surface area contributed by atoms with Gasteiger partial charge in [-0.25, -0.2) is 13.8 Å². The van der Waals surface area contributed by atoms with Gasteiger partial charge in [0.2, 0.25) is 5.88 Å². The summed E-state index contributed by atoms with van der Waals surface area (Å²) in [6.07, 6.45) is 3.60. The fourth-order valence-corrected chi connectivity index (χ4v) is 8.15. The molecule has 4 aliphatic rings. The Balaban J connectivity index is 1.28. The van der Waals surface area contributed by atoms with Gasteiger partial charge in [-0.05, 0) is 73.0 Å². The van der Waals surface area contributed by atoms with Crippen molar-refractivity contribution in [3.05, 3.63) is 59.9 Å². The standard InChI is InChI=1S/C34H33F2N5O2/c35-22-14-34(9-2-10-41(34)16-22)19-43-33-28(15-37)32(40-17-23-6-7-24(18-40)38-23)26-8-5-20(12-30(26)39-33)27-13-25(42)11-21-3-1-4-29(36)31(21)27/h1,3-5,8,11-13,22-24,38,42H,2,6-7,9-10,14,16-19H2/t22-,23-,24+,34+/m1/s1. The molecule has 0 radical (unpaired) electrons. The van der Waals surface area contributed by atoms with E-state index < -0.39 is 6.17 Å². The average Bonchev–Trinajstić information content (AvgIpc) is 3.64. The molecule has 220 valence electrons. The smallest absolute Gasteiger partial charge is 0.234 e. The predicted octanol–water partition coefficient (Wildman–Crippen LogP) is 5.67. The van der Waals surface area contributed by atoms with Crippen LogP contribution in [0.25, 0.3) is 32.8 Å². The molecule has 0 spiro atoms. The number of alkyl halides is 1. The number of rotatable bonds is 5. The zero-order valence-corrected chi connectivity index (χ0v) is 23.8. The van der Waals surface area contributed by atoms with Crippen molar-refractivity contribution in [1.29, 1.82) is 5.26 Å². The third-order valence-electron chi connectivity index (χ3n) is 10.0. The number of aromatic hydroxyl groups is 1. The van der Waals surface area contributed by atoms with Gasteiger partial charge in [-0.3, -0.25) is 4.90 Å². The van der Waals surface area contributed by atoms with Gasteiger partial charge in [-0.2, -0.15) is 5.26 Å². The lowest BCUT2D eigenvalue weighted by atomic mass is 9.94. The van der Waals surface area contributed by atoms with Crippen LogP contribution in [0.4, 0.5) is 14.5 Å². The Morgan fingerprint density at radius 1 is 1.12 bits per heavy atom. The molecule has 4 saturated heterocycles. The number of pyridine rings is 1. The van der Waals surface area contributed by atoms with E-state index in [4.69, 9.17) is 9.72 Å². The summed E-state index contributed by atoms with van der Waals surface area (Å²) >= 11 is 0. The number of benzene rings is 3. The summed E-state index contributed by atoms with van der Waals surface area (Å²) in [6, 6.07) is 16.8. The molecule has 4 aliphatic heterocycles. The minimum absolute atomic E-state index is 0.0464. The van der Waals surface area contributed by atoms with Crippen molar-refractivity contribution < 1.29 is 18.6 Å². The number of aromatic nitrogens is 1. The van der Waals surface area contributed by atoms with Crippen LogP contribution in [0.3, 0.4) is 0 Å². The number of piperazine rings is 1. The summed E-state index contributed by atoms with van der Waals surface area (Å²) in [5.41, 5.74) is 2.70. The molecule has 5 heterocycles. The maximum Gasteiger partial charge on any atom is 0.234 e. The fraction of sp³-hybridized carbons (Fsp3) is 0.412. The first-order valence-electron chi connectivity index (χ1n) is 15.2. The van der Waals surface area contributed by atoms with Crippen molar-refractivity contribution in [1.82, 2.24) is 15.2 Å². The molecule has 1 aromatic heterocycles. The van der Waals surface area contributed by atoms with Crippen LogP contribution in [0.15, 0.2) is 48.5 Å². The summed E-state index contributed by atoms with van der Waals surface area (Å²) in [5.74, 6) is -0.0712. The van der Waals surface area contributed by atoms with Crippen molar-refractivity contribution in [2.24, 2.45) is 0 Å². The number of nitrogens with one attached hydrogen (secondary N) is 1. The largest absolute Gasteiger partial charge is 0.508 e. The van der Waals surface area contributed by atoms with E-state index in [0.29, 0.717) is 58.0 Å². The van der Waals surface area contributed by atoms with Crippen molar-refractivity contribution in [3.63, 3.8) is 0 Å². The van der Waals surface area contributed by atoms with Gasteiger partial charge >= 0.3 is 0 Å². The Morgan fingerprint density at radius 3 is 2.77 bits per heavy atom. The quantitative estimate of drug-likeness (QED) is 0.314. The first-order valence-corrected chi connectivity index (χ1v) is 15.2. The number of nitrogens with zero attached hydrogens (tertiary/aromatic N) is 4. The van der Waals surface area contributed by atoms with Crippen LogP contribution in [0, 0.1) is 17.1 Å². The molecular formula is C34H33F2N5O2. The second-order valence-electron chi connectivity index (χ2n) is 12.7. The number of phenolic OH excluding ortho intramolecular Hbond substituents is 1. The van der Waals surface area contributed by atoms with E-state index >= 15 is 4.39 Å². The molecule has 7 nitrogen and oxygen atoms in total. The zero-order valence-electron chi connectivity index (χ0n) is 23.8. The van der Waals surface area contributed by atoms with Crippen LogP contribution in [-0.2, 0) is 0 Å². The molecule has 0 unspecified atom stereocenters. The van der Waals surface area contributed by atoms with E-state index in [2.05, 4.69) is 21.2 Å². The number of hydrogen-bond acceptors (Lipinski definition) is 7. The Labute approximate surface area is 248 Å². The second-order valence-corrected chi connectivity index (χ2v) is 12.7. The average molecular weight is 582 g/mol. The summed E-state index contributed by atoms with van der Waals surface area (Å²) in [5, 5.41) is 26.5. The van der Waals surface area contributed by atoms with Crippen LogP contribution in [0.5, 0.6) is 11.6 Å². The molecule has 2 bridgehead atoms. The lowest BCUT2D eigenvalue weighted by molar-refractivity contribution is 0.110. The van der Waals surface area contributed by atoms with Gasteiger partial charge in [0.1, 0.15) is 36.0 Å². The summed E-state index contributed by atoms with van der Waals surface area (Å²) in [4.78, 5) is 9.38. The van der Waals surface area contributed by atoms with Gasteiger partial charge in [-0.15, -0.1) is 0 Å². The number of hydrogen-bond donors (Lipinski definition) is 2. The third kappa shape index (κ3) is 4.38. The van der Waals surface area contributed by atoms with Crippen LogP contribution in [0.1, 0.15) is 37.7 Å². The SMILES string of the molecule is N#Cc1c(OC[C@@]23CCCN2C[C@H](F)C3)nc2cc(-c3cc(O)cc4cccc(F)c34)ccc2c1N1C[C@H]2CC[C@@H](C1)N2. The molecule has 8 rings (SSSR count). The van der Waals surface area contributed by atoms with E-state index in [-0.39, 0.29) is 29.6 Å². The van der Waals surface area contributed by atoms with Crippen molar-refractivity contribution >= 4 is 27.4 Å². The first-order chi connectivity index (χ1) is 20.9. The first kappa shape index (κ1) is 26.6. The van der Waals surface area contributed by atoms with Crippen molar-refractivity contribution in [2.75, 3.05) is 37.7 Å². The highest BCUT2D eigenvalue weighted by Gasteiger charge is 2.49. The molecule has 2 N–H and O–H groups in total. The normalized spacial score (nSPS) is 26.7. The molecule has 9 heteroatoms. The summed E-state index contributed by atoms with van der Waals surface area (Å²) < 4.78 is 36.1. The maximum absolute atomic E-state index is 15.1. The Bertz CT molecular complexity index is 1800. The predicted molar refractivity (Wildman–Crippen MR) is 162 cm³/mol. The second kappa shape index (κ2) is 10.0. The van der Waals surface area contributed by atoms with Gasteiger partial charge in [0.05, 0.1) is 16.7 Å². The van der Waals surface area contributed by atoms with Gasteiger partial charge in [0.15, 0.2) is 0 Å². The van der Waals surface area contributed by atoms with Crippen LogP contribution in [0.2, 0.25) is 0 Å².